The SMILES string of the molecule is Cc1ccc(CN2CCN3CCN(C)CC3C2)c(F)c1F. The molecule has 0 bridgehead atoms. The Morgan fingerprint density at radius 2 is 1.81 bits per heavy atom. The molecule has 0 saturated carbocycles. The van der Waals surface area contributed by atoms with Gasteiger partial charge in [0, 0.05) is 57.4 Å². The van der Waals surface area contributed by atoms with Gasteiger partial charge in [-0.1, -0.05) is 12.1 Å². The topological polar surface area (TPSA) is 9.72 Å². The zero-order valence-corrected chi connectivity index (χ0v) is 12.8. The molecule has 2 aliphatic rings. The molecule has 3 nitrogen and oxygen atoms in total. The number of nitrogens with zero attached hydrogens (tertiary/aromatic N) is 3. The van der Waals surface area contributed by atoms with Gasteiger partial charge in [-0.15, -0.1) is 0 Å². The monoisotopic (exact) mass is 295 g/mol. The van der Waals surface area contributed by atoms with E-state index in [4.69, 9.17) is 0 Å². The molecule has 2 heterocycles. The summed E-state index contributed by atoms with van der Waals surface area (Å²) in [6.45, 7) is 8.26. The highest BCUT2D eigenvalue weighted by molar-refractivity contribution is 5.25. The lowest BCUT2D eigenvalue weighted by molar-refractivity contribution is 0.0171. The molecule has 21 heavy (non-hydrogen) atoms. The summed E-state index contributed by atoms with van der Waals surface area (Å²) in [4.78, 5) is 7.10. The maximum atomic E-state index is 14.0. The van der Waals surface area contributed by atoms with E-state index in [0.717, 1.165) is 39.3 Å². The second-order valence-corrected chi connectivity index (χ2v) is 6.36. The van der Waals surface area contributed by atoms with Crippen molar-refractivity contribution in [1.82, 2.24) is 14.7 Å². The lowest BCUT2D eigenvalue weighted by Crippen LogP contribution is -2.61. The predicted octanol–water partition coefficient (Wildman–Crippen LogP) is 1.70. The average Bonchev–Trinajstić information content (AvgIpc) is 2.47. The Hall–Kier alpha value is -1.04. The van der Waals surface area contributed by atoms with Crippen LogP contribution in [-0.2, 0) is 6.54 Å². The van der Waals surface area contributed by atoms with Crippen molar-refractivity contribution in [3.8, 4) is 0 Å². The quantitative estimate of drug-likeness (QED) is 0.822. The first-order chi connectivity index (χ1) is 10.0. The molecule has 1 aromatic rings. The molecule has 1 atom stereocenters. The zero-order valence-electron chi connectivity index (χ0n) is 12.8. The maximum Gasteiger partial charge on any atom is 0.163 e. The van der Waals surface area contributed by atoms with E-state index in [1.54, 1.807) is 19.1 Å². The fraction of sp³-hybridized carbons (Fsp3) is 0.625. The molecule has 0 amide bonds. The minimum Gasteiger partial charge on any atom is -0.303 e. The van der Waals surface area contributed by atoms with Gasteiger partial charge >= 0.3 is 0 Å². The first-order valence-electron chi connectivity index (χ1n) is 7.63. The normalized spacial score (nSPS) is 25.0. The molecule has 116 valence electrons. The molecule has 0 aliphatic carbocycles. The summed E-state index contributed by atoms with van der Waals surface area (Å²) in [7, 11) is 2.14. The minimum atomic E-state index is -0.705. The van der Waals surface area contributed by atoms with E-state index >= 15 is 0 Å². The van der Waals surface area contributed by atoms with E-state index < -0.39 is 11.6 Å². The summed E-state index contributed by atoms with van der Waals surface area (Å²) in [6, 6.07) is 3.89. The smallest absolute Gasteiger partial charge is 0.163 e. The van der Waals surface area contributed by atoms with Crippen LogP contribution in [0.5, 0.6) is 0 Å². The van der Waals surface area contributed by atoms with Crippen molar-refractivity contribution in [3.05, 3.63) is 34.9 Å². The second kappa shape index (κ2) is 5.99. The molecule has 1 aromatic carbocycles. The molecule has 2 saturated heterocycles. The standard InChI is InChI=1S/C16H23F2N3/c1-12-3-4-13(16(18)15(12)17)9-20-6-8-21-7-5-19(2)10-14(21)11-20/h3-4,14H,5-11H2,1-2H3. The number of piperazine rings is 2. The molecule has 3 rings (SSSR count). The van der Waals surface area contributed by atoms with Gasteiger partial charge in [-0.3, -0.25) is 9.80 Å². The van der Waals surface area contributed by atoms with Gasteiger partial charge in [0.2, 0.25) is 0 Å². The van der Waals surface area contributed by atoms with Crippen LogP contribution in [0.15, 0.2) is 12.1 Å². The highest BCUT2D eigenvalue weighted by Crippen LogP contribution is 2.20. The van der Waals surface area contributed by atoms with Gasteiger partial charge < -0.3 is 4.90 Å². The third kappa shape index (κ3) is 3.10. The average molecular weight is 295 g/mol. The first-order valence-corrected chi connectivity index (χ1v) is 7.63. The van der Waals surface area contributed by atoms with Gasteiger partial charge in [0.15, 0.2) is 11.6 Å². The van der Waals surface area contributed by atoms with Crippen molar-refractivity contribution in [1.29, 1.82) is 0 Å². The largest absolute Gasteiger partial charge is 0.303 e. The molecule has 0 radical (unpaired) electrons. The molecule has 2 aliphatic heterocycles. The van der Waals surface area contributed by atoms with Crippen LogP contribution in [0.3, 0.4) is 0 Å². The number of aryl methyl sites for hydroxylation is 1. The van der Waals surface area contributed by atoms with Crippen molar-refractivity contribution in [3.63, 3.8) is 0 Å². The number of halogens is 2. The van der Waals surface area contributed by atoms with Crippen LogP contribution in [0.1, 0.15) is 11.1 Å². The summed E-state index contributed by atoms with van der Waals surface area (Å²) in [5, 5.41) is 0. The van der Waals surface area contributed by atoms with Crippen molar-refractivity contribution < 1.29 is 8.78 Å². The van der Waals surface area contributed by atoms with E-state index in [1.165, 1.54) is 0 Å². The predicted molar refractivity (Wildman–Crippen MR) is 79.2 cm³/mol. The molecule has 0 spiro atoms. The van der Waals surface area contributed by atoms with Crippen molar-refractivity contribution >= 4 is 0 Å². The van der Waals surface area contributed by atoms with Crippen molar-refractivity contribution in [2.45, 2.75) is 19.5 Å². The lowest BCUT2D eigenvalue weighted by atomic mass is 10.1. The number of hydrogen-bond donors (Lipinski definition) is 0. The first kappa shape index (κ1) is 14.9. The molecule has 0 aromatic heterocycles. The van der Waals surface area contributed by atoms with Crippen LogP contribution in [0.4, 0.5) is 8.78 Å². The van der Waals surface area contributed by atoms with Gasteiger partial charge in [0.1, 0.15) is 0 Å². The maximum absolute atomic E-state index is 14.0. The summed E-state index contributed by atoms with van der Waals surface area (Å²) in [5.41, 5.74) is 0.839. The number of rotatable bonds is 2. The number of hydrogen-bond acceptors (Lipinski definition) is 3. The van der Waals surface area contributed by atoms with E-state index in [-0.39, 0.29) is 0 Å². The Bertz CT molecular complexity index is 520. The lowest BCUT2D eigenvalue weighted by Gasteiger charge is -2.46. The van der Waals surface area contributed by atoms with Crippen molar-refractivity contribution in [2.24, 2.45) is 0 Å². The molecular weight excluding hydrogens is 272 g/mol. The Morgan fingerprint density at radius 1 is 1.05 bits per heavy atom. The van der Waals surface area contributed by atoms with Crippen LogP contribution in [0, 0.1) is 18.6 Å². The number of likely N-dealkylation sites (N-methyl/N-ethyl adjacent to an activating group) is 1. The van der Waals surface area contributed by atoms with Gasteiger partial charge in [-0.2, -0.15) is 0 Å². The summed E-state index contributed by atoms with van der Waals surface area (Å²) in [6.07, 6.45) is 0. The number of benzene rings is 1. The fourth-order valence-corrected chi connectivity index (χ4v) is 3.37. The van der Waals surface area contributed by atoms with Gasteiger partial charge in [-0.05, 0) is 19.5 Å². The van der Waals surface area contributed by atoms with E-state index in [9.17, 15) is 8.78 Å². The van der Waals surface area contributed by atoms with Crippen LogP contribution < -0.4 is 0 Å². The molecule has 2 fully saturated rings. The summed E-state index contributed by atoms with van der Waals surface area (Å²) < 4.78 is 27.6. The number of fused-ring (bicyclic) bond motifs is 1. The molecular formula is C16H23F2N3. The summed E-state index contributed by atoms with van der Waals surface area (Å²) in [5.74, 6) is -1.39. The molecule has 1 unspecified atom stereocenters. The van der Waals surface area contributed by atoms with Gasteiger partial charge in [0.05, 0.1) is 0 Å². The van der Waals surface area contributed by atoms with Gasteiger partial charge in [-0.25, -0.2) is 8.78 Å². The fourth-order valence-electron chi connectivity index (χ4n) is 3.37. The third-order valence-electron chi connectivity index (χ3n) is 4.73. The Balaban J connectivity index is 1.67. The highest BCUT2D eigenvalue weighted by atomic mass is 19.2. The highest BCUT2D eigenvalue weighted by Gasteiger charge is 2.31. The third-order valence-corrected chi connectivity index (χ3v) is 4.73. The van der Waals surface area contributed by atoms with E-state index in [2.05, 4.69) is 21.7 Å². The summed E-state index contributed by atoms with van der Waals surface area (Å²) >= 11 is 0. The zero-order chi connectivity index (χ0) is 15.0. The second-order valence-electron chi connectivity index (χ2n) is 6.36. The van der Waals surface area contributed by atoms with Crippen molar-refractivity contribution in [2.75, 3.05) is 46.3 Å². The van der Waals surface area contributed by atoms with Crippen LogP contribution in [0.25, 0.3) is 0 Å². The van der Waals surface area contributed by atoms with Crippen LogP contribution >= 0.6 is 0 Å². The van der Waals surface area contributed by atoms with Gasteiger partial charge in [0.25, 0.3) is 0 Å². The van der Waals surface area contributed by atoms with Crippen LogP contribution in [-0.4, -0.2) is 67.1 Å². The molecule has 0 N–H and O–H groups in total. The Labute approximate surface area is 125 Å². The Kier molecular flexibility index (Phi) is 4.24. The van der Waals surface area contributed by atoms with Crippen LogP contribution in [0.2, 0.25) is 0 Å². The molecule has 5 heteroatoms. The van der Waals surface area contributed by atoms with E-state index in [0.29, 0.717) is 23.7 Å². The minimum absolute atomic E-state index is 0.370. The Morgan fingerprint density at radius 3 is 2.62 bits per heavy atom. The van der Waals surface area contributed by atoms with E-state index in [1.807, 2.05) is 0 Å².